The molecule has 0 atom stereocenters. The zero-order valence-electron chi connectivity index (χ0n) is 30.6. The minimum atomic E-state index is -0.932. The molecule has 0 aliphatic rings. The Hall–Kier alpha value is -4.62. The number of hydrogen-bond acceptors (Lipinski definition) is 12. The van der Waals surface area contributed by atoms with Gasteiger partial charge < -0.3 is 37.9 Å². The molecule has 0 bridgehead atoms. The van der Waals surface area contributed by atoms with E-state index in [-0.39, 0.29) is 62.1 Å². The van der Waals surface area contributed by atoms with Gasteiger partial charge in [0, 0.05) is 28.4 Å². The SMILES string of the molecule is C=C(COC)C(=O)OCCCc1ccc(-c2ccc(CCCOC(=O)C(=C)COC)c(OC(=O)C(C)(C)COC)c2)cc1OC(=O)C(=C)COC. The van der Waals surface area contributed by atoms with Gasteiger partial charge in [0.05, 0.1) is 61.8 Å². The Kier molecular flexibility index (Phi) is 18.0. The van der Waals surface area contributed by atoms with Crippen molar-refractivity contribution in [2.24, 2.45) is 5.41 Å². The lowest BCUT2D eigenvalue weighted by molar-refractivity contribution is -0.147. The van der Waals surface area contributed by atoms with Gasteiger partial charge in [-0.15, -0.1) is 0 Å². The van der Waals surface area contributed by atoms with Crippen LogP contribution in [-0.2, 0) is 60.4 Å². The molecule has 2 rings (SSSR count). The maximum absolute atomic E-state index is 13.2. The van der Waals surface area contributed by atoms with E-state index in [9.17, 15) is 19.2 Å². The van der Waals surface area contributed by atoms with E-state index < -0.39 is 29.3 Å². The second-order valence-electron chi connectivity index (χ2n) is 12.3. The molecule has 12 heteroatoms. The van der Waals surface area contributed by atoms with Crippen LogP contribution in [0.15, 0.2) is 72.9 Å². The number of aryl methyl sites for hydroxylation is 2. The zero-order chi connectivity index (χ0) is 38.0. The highest BCUT2D eigenvalue weighted by Crippen LogP contribution is 2.34. The first-order valence-corrected chi connectivity index (χ1v) is 16.3. The van der Waals surface area contributed by atoms with Crippen molar-refractivity contribution >= 4 is 23.9 Å². The molecule has 12 nitrogen and oxygen atoms in total. The van der Waals surface area contributed by atoms with Crippen LogP contribution in [0.1, 0.15) is 37.8 Å². The highest BCUT2D eigenvalue weighted by atomic mass is 16.6. The van der Waals surface area contributed by atoms with E-state index in [1.165, 1.54) is 28.4 Å². The molecule has 0 radical (unpaired) electrons. The van der Waals surface area contributed by atoms with E-state index in [1.807, 2.05) is 24.3 Å². The van der Waals surface area contributed by atoms with Crippen LogP contribution in [-0.4, -0.2) is 92.0 Å². The molecule has 0 spiro atoms. The van der Waals surface area contributed by atoms with Crippen molar-refractivity contribution in [2.75, 3.05) is 68.1 Å². The summed E-state index contributed by atoms with van der Waals surface area (Å²) in [5.41, 5.74) is 2.38. The summed E-state index contributed by atoms with van der Waals surface area (Å²) in [6, 6.07) is 10.8. The van der Waals surface area contributed by atoms with E-state index in [0.717, 1.165) is 0 Å². The Morgan fingerprint density at radius 1 is 0.588 bits per heavy atom. The fourth-order valence-corrected chi connectivity index (χ4v) is 4.66. The fourth-order valence-electron chi connectivity index (χ4n) is 4.66. The maximum Gasteiger partial charge on any atom is 0.341 e. The average Bonchev–Trinajstić information content (AvgIpc) is 3.09. The van der Waals surface area contributed by atoms with Gasteiger partial charge in [-0.1, -0.05) is 44.0 Å². The molecule has 0 aromatic heterocycles. The van der Waals surface area contributed by atoms with E-state index in [0.29, 0.717) is 53.7 Å². The number of ether oxygens (including phenoxy) is 8. The molecule has 0 fully saturated rings. The summed E-state index contributed by atoms with van der Waals surface area (Å²) >= 11 is 0. The Labute approximate surface area is 300 Å². The van der Waals surface area contributed by atoms with E-state index >= 15 is 0 Å². The molecular formula is C39H50O12. The Bertz CT molecular complexity index is 1560. The number of methoxy groups -OCH3 is 4. The second kappa shape index (κ2) is 21.6. The molecule has 0 heterocycles. The summed E-state index contributed by atoms with van der Waals surface area (Å²) in [6.45, 7) is 15.0. The molecule has 0 amide bonds. The van der Waals surface area contributed by atoms with Crippen LogP contribution >= 0.6 is 0 Å². The van der Waals surface area contributed by atoms with E-state index in [4.69, 9.17) is 37.9 Å². The molecule has 0 saturated heterocycles. The van der Waals surface area contributed by atoms with Gasteiger partial charge >= 0.3 is 23.9 Å². The van der Waals surface area contributed by atoms with Crippen LogP contribution in [0.2, 0.25) is 0 Å². The summed E-state index contributed by atoms with van der Waals surface area (Å²) < 4.78 is 42.4. The molecule has 51 heavy (non-hydrogen) atoms. The first-order chi connectivity index (χ1) is 24.3. The minimum absolute atomic E-state index is 0.00805. The van der Waals surface area contributed by atoms with E-state index in [2.05, 4.69) is 19.7 Å². The molecule has 2 aromatic rings. The monoisotopic (exact) mass is 710 g/mol. The first kappa shape index (κ1) is 42.5. The minimum Gasteiger partial charge on any atom is -0.462 e. The van der Waals surface area contributed by atoms with Crippen LogP contribution in [0, 0.1) is 5.41 Å². The highest BCUT2D eigenvalue weighted by Gasteiger charge is 2.30. The Balaban J connectivity index is 2.40. The molecule has 278 valence electrons. The Morgan fingerprint density at radius 3 is 1.41 bits per heavy atom. The quantitative estimate of drug-likeness (QED) is 0.0631. The van der Waals surface area contributed by atoms with Crippen molar-refractivity contribution < 1.29 is 57.1 Å². The summed E-state index contributed by atoms with van der Waals surface area (Å²) in [6.07, 6.45) is 1.75. The molecule has 2 aromatic carbocycles. The molecule has 0 N–H and O–H groups in total. The third-order valence-electron chi connectivity index (χ3n) is 7.40. The number of rotatable bonds is 23. The largest absolute Gasteiger partial charge is 0.462 e. The molecule has 0 unspecified atom stereocenters. The van der Waals surface area contributed by atoms with Crippen molar-refractivity contribution in [3.63, 3.8) is 0 Å². The highest BCUT2D eigenvalue weighted by molar-refractivity contribution is 5.90. The van der Waals surface area contributed by atoms with Gasteiger partial charge in [-0.25, -0.2) is 14.4 Å². The van der Waals surface area contributed by atoms with Crippen molar-refractivity contribution in [1.82, 2.24) is 0 Å². The van der Waals surface area contributed by atoms with Gasteiger partial charge in [0.2, 0.25) is 0 Å². The molecule has 0 aliphatic heterocycles. The lowest BCUT2D eigenvalue weighted by Crippen LogP contribution is -2.33. The summed E-state index contributed by atoms with van der Waals surface area (Å²) in [4.78, 5) is 50.3. The number of benzene rings is 2. The smallest absolute Gasteiger partial charge is 0.341 e. The summed E-state index contributed by atoms with van der Waals surface area (Å²) in [5.74, 6) is -1.63. The standard InChI is InChI=1S/C39H50O12/c1-26(22-44-6)35(40)48-18-10-12-29-14-16-31(20-33(29)50-37(42)28(3)24-46-8)32-17-15-30(13-11-19-49-36(41)27(2)23-45-7)34(21-32)51-38(43)39(4,5)25-47-9/h14-17,20-21H,1-3,10-13,18-19,22-25H2,4-9H3. The van der Waals surface area contributed by atoms with Crippen molar-refractivity contribution in [2.45, 2.75) is 39.5 Å². The summed E-state index contributed by atoms with van der Waals surface area (Å²) in [7, 11) is 5.88. The van der Waals surface area contributed by atoms with Crippen molar-refractivity contribution in [1.29, 1.82) is 0 Å². The van der Waals surface area contributed by atoms with Gasteiger partial charge in [-0.2, -0.15) is 0 Å². The first-order valence-electron chi connectivity index (χ1n) is 16.3. The third kappa shape index (κ3) is 13.9. The van der Waals surface area contributed by atoms with Crippen LogP contribution < -0.4 is 9.47 Å². The average molecular weight is 711 g/mol. The number of hydrogen-bond donors (Lipinski definition) is 0. The molecular weight excluding hydrogens is 660 g/mol. The zero-order valence-corrected chi connectivity index (χ0v) is 30.6. The van der Waals surface area contributed by atoms with Gasteiger partial charge in [-0.05, 0) is 73.9 Å². The number of esters is 4. The number of carbonyl (C=O) groups is 4. The third-order valence-corrected chi connectivity index (χ3v) is 7.40. The lowest BCUT2D eigenvalue weighted by Gasteiger charge is -2.22. The number of carbonyl (C=O) groups excluding carboxylic acids is 4. The van der Waals surface area contributed by atoms with Crippen LogP contribution in [0.3, 0.4) is 0 Å². The van der Waals surface area contributed by atoms with Crippen molar-refractivity contribution in [3.05, 3.63) is 84.0 Å². The van der Waals surface area contributed by atoms with Gasteiger partial charge in [0.1, 0.15) is 11.5 Å². The van der Waals surface area contributed by atoms with Crippen LogP contribution in [0.4, 0.5) is 0 Å². The van der Waals surface area contributed by atoms with Crippen LogP contribution in [0.5, 0.6) is 11.5 Å². The topological polar surface area (TPSA) is 142 Å². The van der Waals surface area contributed by atoms with E-state index in [1.54, 1.807) is 26.0 Å². The molecule has 0 aliphatic carbocycles. The Morgan fingerprint density at radius 2 is 1.00 bits per heavy atom. The lowest BCUT2D eigenvalue weighted by atomic mass is 9.95. The predicted molar refractivity (Wildman–Crippen MR) is 190 cm³/mol. The van der Waals surface area contributed by atoms with Gasteiger partial charge in [0.15, 0.2) is 0 Å². The second-order valence-corrected chi connectivity index (χ2v) is 12.3. The van der Waals surface area contributed by atoms with Crippen LogP contribution in [0.25, 0.3) is 11.1 Å². The van der Waals surface area contributed by atoms with Crippen molar-refractivity contribution in [3.8, 4) is 22.6 Å². The maximum atomic E-state index is 13.2. The predicted octanol–water partition coefficient (Wildman–Crippen LogP) is 5.40. The normalized spacial score (nSPS) is 11.0. The van der Waals surface area contributed by atoms with Gasteiger partial charge in [-0.3, -0.25) is 4.79 Å². The fraction of sp³-hybridized carbons (Fsp3) is 0.436. The molecule has 0 saturated carbocycles. The summed E-state index contributed by atoms with van der Waals surface area (Å²) in [5, 5.41) is 0. The van der Waals surface area contributed by atoms with Gasteiger partial charge in [0.25, 0.3) is 0 Å².